The SMILES string of the molecule is CCCNC(CSCCC(C)C)c1cccc(OC)c1. The Morgan fingerprint density at radius 1 is 1.30 bits per heavy atom. The molecular weight excluding hydrogens is 266 g/mol. The normalized spacial score (nSPS) is 12.7. The largest absolute Gasteiger partial charge is 0.497 e. The Labute approximate surface area is 128 Å². The van der Waals surface area contributed by atoms with E-state index in [0.29, 0.717) is 6.04 Å². The van der Waals surface area contributed by atoms with Crippen molar-refractivity contribution >= 4 is 11.8 Å². The van der Waals surface area contributed by atoms with Crippen LogP contribution < -0.4 is 10.1 Å². The summed E-state index contributed by atoms with van der Waals surface area (Å²) in [6.45, 7) is 7.85. The Kier molecular flexibility index (Phi) is 8.79. The first-order valence-corrected chi connectivity index (χ1v) is 8.77. The zero-order chi connectivity index (χ0) is 14.8. The molecule has 0 spiro atoms. The van der Waals surface area contributed by atoms with Gasteiger partial charge in [0, 0.05) is 11.8 Å². The van der Waals surface area contributed by atoms with E-state index in [-0.39, 0.29) is 0 Å². The lowest BCUT2D eigenvalue weighted by Crippen LogP contribution is -2.24. The number of ether oxygens (including phenoxy) is 1. The Balaban J connectivity index is 2.57. The second-order valence-electron chi connectivity index (χ2n) is 5.54. The number of thioether (sulfide) groups is 1. The molecule has 0 saturated heterocycles. The van der Waals surface area contributed by atoms with E-state index in [4.69, 9.17) is 4.74 Å². The van der Waals surface area contributed by atoms with Crippen LogP contribution in [0.15, 0.2) is 24.3 Å². The smallest absolute Gasteiger partial charge is 0.119 e. The van der Waals surface area contributed by atoms with Gasteiger partial charge in [-0.15, -0.1) is 0 Å². The van der Waals surface area contributed by atoms with Crippen LogP contribution in [0.5, 0.6) is 5.75 Å². The van der Waals surface area contributed by atoms with Gasteiger partial charge in [-0.05, 0) is 48.8 Å². The van der Waals surface area contributed by atoms with Crippen molar-refractivity contribution in [3.63, 3.8) is 0 Å². The van der Waals surface area contributed by atoms with Crippen LogP contribution in [0.25, 0.3) is 0 Å². The number of rotatable bonds is 10. The van der Waals surface area contributed by atoms with E-state index in [1.54, 1.807) is 7.11 Å². The average molecular weight is 295 g/mol. The van der Waals surface area contributed by atoms with Gasteiger partial charge in [-0.1, -0.05) is 32.9 Å². The van der Waals surface area contributed by atoms with E-state index in [2.05, 4.69) is 44.3 Å². The third-order valence-corrected chi connectivity index (χ3v) is 4.35. The first-order chi connectivity index (χ1) is 9.67. The van der Waals surface area contributed by atoms with Crippen LogP contribution in [0.1, 0.15) is 45.2 Å². The highest BCUT2D eigenvalue weighted by molar-refractivity contribution is 7.99. The van der Waals surface area contributed by atoms with Crippen LogP contribution in [0.4, 0.5) is 0 Å². The van der Waals surface area contributed by atoms with Crippen molar-refractivity contribution in [3.8, 4) is 5.75 Å². The van der Waals surface area contributed by atoms with Crippen molar-refractivity contribution in [2.45, 2.75) is 39.7 Å². The molecule has 2 nitrogen and oxygen atoms in total. The molecule has 0 aromatic heterocycles. The van der Waals surface area contributed by atoms with Gasteiger partial charge in [-0.25, -0.2) is 0 Å². The second kappa shape index (κ2) is 10.1. The highest BCUT2D eigenvalue weighted by Gasteiger charge is 2.11. The van der Waals surface area contributed by atoms with Crippen molar-refractivity contribution in [1.82, 2.24) is 5.32 Å². The molecule has 20 heavy (non-hydrogen) atoms. The van der Waals surface area contributed by atoms with Gasteiger partial charge in [-0.2, -0.15) is 11.8 Å². The standard InChI is InChI=1S/C17H29NOS/c1-5-10-18-17(13-20-11-9-14(2)3)15-7-6-8-16(12-15)19-4/h6-8,12,14,17-18H,5,9-11,13H2,1-4H3. The molecule has 1 unspecified atom stereocenters. The van der Waals surface area contributed by atoms with E-state index in [9.17, 15) is 0 Å². The zero-order valence-electron chi connectivity index (χ0n) is 13.3. The minimum atomic E-state index is 0.419. The third-order valence-electron chi connectivity index (χ3n) is 3.26. The van der Waals surface area contributed by atoms with Gasteiger partial charge >= 0.3 is 0 Å². The van der Waals surface area contributed by atoms with Crippen LogP contribution in [0, 0.1) is 5.92 Å². The van der Waals surface area contributed by atoms with E-state index in [0.717, 1.165) is 30.4 Å². The summed E-state index contributed by atoms with van der Waals surface area (Å²) in [6, 6.07) is 8.84. The lowest BCUT2D eigenvalue weighted by Gasteiger charge is -2.19. The van der Waals surface area contributed by atoms with Gasteiger partial charge < -0.3 is 10.1 Å². The predicted molar refractivity (Wildman–Crippen MR) is 90.8 cm³/mol. The van der Waals surface area contributed by atoms with E-state index < -0.39 is 0 Å². The molecule has 0 aliphatic carbocycles. The van der Waals surface area contributed by atoms with E-state index in [1.165, 1.54) is 17.7 Å². The number of methoxy groups -OCH3 is 1. The van der Waals surface area contributed by atoms with Crippen LogP contribution in [-0.2, 0) is 0 Å². The summed E-state index contributed by atoms with van der Waals surface area (Å²) in [6.07, 6.45) is 2.46. The minimum Gasteiger partial charge on any atom is -0.497 e. The Bertz CT molecular complexity index is 368. The van der Waals surface area contributed by atoms with Crippen molar-refractivity contribution in [2.24, 2.45) is 5.92 Å². The summed E-state index contributed by atoms with van der Waals surface area (Å²) < 4.78 is 5.33. The molecule has 1 rings (SSSR count). The molecule has 0 saturated carbocycles. The summed E-state index contributed by atoms with van der Waals surface area (Å²) >= 11 is 2.05. The lowest BCUT2D eigenvalue weighted by atomic mass is 10.1. The molecule has 1 N–H and O–H groups in total. The molecule has 0 amide bonds. The van der Waals surface area contributed by atoms with E-state index in [1.807, 2.05) is 17.8 Å². The van der Waals surface area contributed by atoms with Crippen molar-refractivity contribution in [1.29, 1.82) is 0 Å². The van der Waals surface area contributed by atoms with Gasteiger partial charge in [0.2, 0.25) is 0 Å². The van der Waals surface area contributed by atoms with Crippen LogP contribution >= 0.6 is 11.8 Å². The minimum absolute atomic E-state index is 0.419. The van der Waals surface area contributed by atoms with Gasteiger partial charge in [-0.3, -0.25) is 0 Å². The molecule has 1 aromatic carbocycles. The van der Waals surface area contributed by atoms with Gasteiger partial charge in [0.1, 0.15) is 5.75 Å². The molecule has 1 atom stereocenters. The first kappa shape index (κ1) is 17.4. The molecule has 0 heterocycles. The highest BCUT2D eigenvalue weighted by atomic mass is 32.2. The number of hydrogen-bond donors (Lipinski definition) is 1. The fourth-order valence-electron chi connectivity index (χ4n) is 1.97. The zero-order valence-corrected chi connectivity index (χ0v) is 14.1. The molecular formula is C17H29NOS. The fourth-order valence-corrected chi connectivity index (χ4v) is 3.32. The summed E-state index contributed by atoms with van der Waals surface area (Å²) in [5, 5.41) is 3.65. The van der Waals surface area contributed by atoms with Gasteiger partial charge in [0.15, 0.2) is 0 Å². The summed E-state index contributed by atoms with van der Waals surface area (Å²) in [5.74, 6) is 4.10. The predicted octanol–water partition coefficient (Wildman–Crippen LogP) is 4.52. The molecule has 114 valence electrons. The number of hydrogen-bond acceptors (Lipinski definition) is 3. The third kappa shape index (κ3) is 6.67. The Morgan fingerprint density at radius 3 is 2.75 bits per heavy atom. The molecule has 0 fully saturated rings. The van der Waals surface area contributed by atoms with Crippen molar-refractivity contribution < 1.29 is 4.74 Å². The second-order valence-corrected chi connectivity index (χ2v) is 6.69. The molecule has 0 aliphatic rings. The average Bonchev–Trinajstić information content (AvgIpc) is 2.46. The molecule has 1 aromatic rings. The summed E-state index contributed by atoms with van der Waals surface area (Å²) in [4.78, 5) is 0. The quantitative estimate of drug-likeness (QED) is 0.641. The number of benzene rings is 1. The summed E-state index contributed by atoms with van der Waals surface area (Å²) in [7, 11) is 1.73. The monoisotopic (exact) mass is 295 g/mol. The maximum Gasteiger partial charge on any atom is 0.119 e. The lowest BCUT2D eigenvalue weighted by molar-refractivity contribution is 0.413. The molecule has 3 heteroatoms. The first-order valence-electron chi connectivity index (χ1n) is 7.62. The maximum absolute atomic E-state index is 5.33. The van der Waals surface area contributed by atoms with Crippen LogP contribution in [-0.4, -0.2) is 25.2 Å². The van der Waals surface area contributed by atoms with Crippen LogP contribution in [0.2, 0.25) is 0 Å². The number of nitrogens with one attached hydrogen (secondary N) is 1. The van der Waals surface area contributed by atoms with Crippen molar-refractivity contribution in [2.75, 3.05) is 25.2 Å². The Morgan fingerprint density at radius 2 is 2.10 bits per heavy atom. The van der Waals surface area contributed by atoms with Crippen molar-refractivity contribution in [3.05, 3.63) is 29.8 Å². The molecule has 0 radical (unpaired) electrons. The summed E-state index contributed by atoms with van der Waals surface area (Å²) in [5.41, 5.74) is 1.33. The molecule has 0 aliphatic heterocycles. The Hall–Kier alpha value is -0.670. The topological polar surface area (TPSA) is 21.3 Å². The fraction of sp³-hybridized carbons (Fsp3) is 0.647. The highest BCUT2D eigenvalue weighted by Crippen LogP contribution is 2.23. The molecule has 0 bridgehead atoms. The van der Waals surface area contributed by atoms with Crippen LogP contribution in [0.3, 0.4) is 0 Å². The van der Waals surface area contributed by atoms with Gasteiger partial charge in [0.25, 0.3) is 0 Å². The maximum atomic E-state index is 5.33. The van der Waals surface area contributed by atoms with E-state index >= 15 is 0 Å². The van der Waals surface area contributed by atoms with Gasteiger partial charge in [0.05, 0.1) is 7.11 Å².